The Morgan fingerprint density at radius 2 is 1.90 bits per heavy atom. The van der Waals surface area contributed by atoms with Gasteiger partial charge in [0.05, 0.1) is 25.5 Å². The van der Waals surface area contributed by atoms with E-state index in [2.05, 4.69) is 20.3 Å². The van der Waals surface area contributed by atoms with Crippen molar-refractivity contribution >= 4 is 11.8 Å². The van der Waals surface area contributed by atoms with Gasteiger partial charge in [-0.15, -0.1) is 10.2 Å². The average Bonchev–Trinajstić information content (AvgIpc) is 3.39. The van der Waals surface area contributed by atoms with Crippen molar-refractivity contribution in [1.82, 2.24) is 25.0 Å². The zero-order chi connectivity index (χ0) is 21.1. The third-order valence-corrected chi connectivity index (χ3v) is 5.14. The fourth-order valence-corrected chi connectivity index (χ4v) is 3.43. The van der Waals surface area contributed by atoms with Crippen molar-refractivity contribution in [2.75, 3.05) is 20.1 Å². The Morgan fingerprint density at radius 3 is 2.67 bits per heavy atom. The van der Waals surface area contributed by atoms with Crippen LogP contribution in [0.4, 0.5) is 4.39 Å². The first kappa shape index (κ1) is 19.7. The van der Waals surface area contributed by atoms with Gasteiger partial charge in [0.25, 0.3) is 0 Å². The lowest BCUT2D eigenvalue weighted by Gasteiger charge is -2.07. The smallest absolute Gasteiger partial charge is 0.237 e. The Balaban J connectivity index is 1.49. The molecule has 0 aliphatic carbocycles. The first-order valence-corrected chi connectivity index (χ1v) is 9.72. The highest BCUT2D eigenvalue weighted by Gasteiger charge is 2.17. The van der Waals surface area contributed by atoms with Crippen LogP contribution in [0.1, 0.15) is 5.89 Å². The number of halogens is 1. The van der Waals surface area contributed by atoms with Crippen LogP contribution in [-0.2, 0) is 5.75 Å². The van der Waals surface area contributed by atoms with Crippen LogP contribution < -0.4 is 15.3 Å². The van der Waals surface area contributed by atoms with E-state index in [-0.39, 0.29) is 11.4 Å². The summed E-state index contributed by atoms with van der Waals surface area (Å²) >= 11 is 1.24. The summed E-state index contributed by atoms with van der Waals surface area (Å²) in [4.78, 5) is 4.38. The fourth-order valence-electron chi connectivity index (χ4n) is 2.73. The Hall–Kier alpha value is -3.60. The average molecular weight is 428 g/mol. The molecule has 2 heterocycles. The molecule has 4 aromatic rings. The van der Waals surface area contributed by atoms with Gasteiger partial charge in [0.2, 0.25) is 16.9 Å². The lowest BCUT2D eigenvalue weighted by molar-refractivity contribution is 0.355. The molecule has 9 nitrogen and oxygen atoms in total. The summed E-state index contributed by atoms with van der Waals surface area (Å²) in [5.74, 6) is 8.10. The molecule has 0 aliphatic rings. The molecule has 0 saturated carbocycles. The number of ether oxygens (including phenoxy) is 2. The minimum Gasteiger partial charge on any atom is -0.493 e. The summed E-state index contributed by atoms with van der Waals surface area (Å²) in [5, 5.41) is 12.4. The standard InChI is InChI=1S/C19H17FN6O3S/c1-27-14-8-7-11(9-15(14)28-2)17-22-16(29-25-17)10-30-19-24-23-18(26(19)21)12-5-3-4-6-13(12)20/h3-9H,10,21H2,1-2H3. The van der Waals surface area contributed by atoms with Crippen molar-refractivity contribution < 1.29 is 18.4 Å². The van der Waals surface area contributed by atoms with Gasteiger partial charge in [-0.1, -0.05) is 29.1 Å². The Labute approximate surface area is 175 Å². The molecule has 154 valence electrons. The molecule has 2 aromatic heterocycles. The number of nitrogens with two attached hydrogens (primary N) is 1. The quantitative estimate of drug-likeness (QED) is 0.350. The SMILES string of the molecule is COc1ccc(-c2noc(CSc3nnc(-c4ccccc4F)n3N)n2)cc1OC. The van der Waals surface area contributed by atoms with Crippen LogP contribution in [0.5, 0.6) is 11.5 Å². The Bertz CT molecular complexity index is 1180. The van der Waals surface area contributed by atoms with Crippen molar-refractivity contribution in [3.63, 3.8) is 0 Å². The number of aromatic nitrogens is 5. The highest BCUT2D eigenvalue weighted by atomic mass is 32.2. The molecule has 30 heavy (non-hydrogen) atoms. The van der Waals surface area contributed by atoms with Gasteiger partial charge in [0, 0.05) is 5.56 Å². The van der Waals surface area contributed by atoms with E-state index in [0.717, 1.165) is 5.56 Å². The number of rotatable bonds is 7. The predicted molar refractivity (Wildman–Crippen MR) is 108 cm³/mol. The largest absolute Gasteiger partial charge is 0.493 e. The van der Waals surface area contributed by atoms with E-state index in [1.54, 1.807) is 50.6 Å². The van der Waals surface area contributed by atoms with E-state index >= 15 is 0 Å². The molecule has 4 rings (SSSR count). The summed E-state index contributed by atoms with van der Waals surface area (Å²) in [6.07, 6.45) is 0. The number of hydrogen-bond donors (Lipinski definition) is 1. The second kappa shape index (κ2) is 8.41. The molecule has 0 aliphatic heterocycles. The van der Waals surface area contributed by atoms with E-state index in [4.69, 9.17) is 19.8 Å². The molecular weight excluding hydrogens is 411 g/mol. The zero-order valence-electron chi connectivity index (χ0n) is 16.1. The van der Waals surface area contributed by atoms with Crippen molar-refractivity contribution in [2.24, 2.45) is 0 Å². The van der Waals surface area contributed by atoms with Crippen molar-refractivity contribution in [3.8, 4) is 34.3 Å². The van der Waals surface area contributed by atoms with Gasteiger partial charge in [-0.2, -0.15) is 4.98 Å². The molecule has 0 saturated heterocycles. The van der Waals surface area contributed by atoms with E-state index in [9.17, 15) is 4.39 Å². The van der Waals surface area contributed by atoms with Crippen LogP contribution >= 0.6 is 11.8 Å². The van der Waals surface area contributed by atoms with Gasteiger partial charge in [0.15, 0.2) is 17.3 Å². The van der Waals surface area contributed by atoms with Crippen LogP contribution in [-0.4, -0.2) is 39.2 Å². The van der Waals surface area contributed by atoms with Gasteiger partial charge >= 0.3 is 0 Å². The molecule has 0 atom stereocenters. The van der Waals surface area contributed by atoms with Gasteiger partial charge in [-0.3, -0.25) is 0 Å². The fraction of sp³-hybridized carbons (Fsp3) is 0.158. The van der Waals surface area contributed by atoms with Gasteiger partial charge in [0.1, 0.15) is 5.82 Å². The van der Waals surface area contributed by atoms with Gasteiger partial charge in [-0.05, 0) is 30.3 Å². The van der Waals surface area contributed by atoms with Crippen LogP contribution in [0.3, 0.4) is 0 Å². The van der Waals surface area contributed by atoms with E-state index < -0.39 is 5.82 Å². The highest BCUT2D eigenvalue weighted by Crippen LogP contribution is 2.32. The molecule has 0 amide bonds. The topological polar surface area (TPSA) is 114 Å². The normalized spacial score (nSPS) is 10.9. The van der Waals surface area contributed by atoms with Crippen LogP contribution in [0.15, 0.2) is 52.1 Å². The summed E-state index contributed by atoms with van der Waals surface area (Å²) in [6.45, 7) is 0. The predicted octanol–water partition coefficient (Wildman–Crippen LogP) is 3.16. The lowest BCUT2D eigenvalue weighted by Crippen LogP contribution is -2.12. The highest BCUT2D eigenvalue weighted by molar-refractivity contribution is 7.98. The maximum absolute atomic E-state index is 14.0. The number of nitrogen functional groups attached to an aromatic ring is 1. The summed E-state index contributed by atoms with van der Waals surface area (Å²) < 4.78 is 31.1. The number of methoxy groups -OCH3 is 2. The second-order valence-corrected chi connectivity index (χ2v) is 6.97. The second-order valence-electron chi connectivity index (χ2n) is 6.03. The van der Waals surface area contributed by atoms with Crippen LogP contribution in [0, 0.1) is 5.82 Å². The van der Waals surface area contributed by atoms with Crippen molar-refractivity contribution in [2.45, 2.75) is 10.9 Å². The molecule has 2 aromatic carbocycles. The molecule has 0 fully saturated rings. The van der Waals surface area contributed by atoms with E-state index in [1.165, 1.54) is 22.5 Å². The van der Waals surface area contributed by atoms with Gasteiger partial charge in [-0.25, -0.2) is 9.07 Å². The minimum atomic E-state index is -0.426. The Morgan fingerprint density at radius 1 is 1.10 bits per heavy atom. The summed E-state index contributed by atoms with van der Waals surface area (Å²) in [6, 6.07) is 11.6. The molecule has 2 N–H and O–H groups in total. The number of thioether (sulfide) groups is 1. The molecule has 0 spiro atoms. The third kappa shape index (κ3) is 3.79. The summed E-state index contributed by atoms with van der Waals surface area (Å²) in [5.41, 5.74) is 0.990. The number of nitrogens with zero attached hydrogens (tertiary/aromatic N) is 5. The minimum absolute atomic E-state index is 0.229. The van der Waals surface area contributed by atoms with Crippen molar-refractivity contribution in [3.05, 3.63) is 54.2 Å². The Kier molecular flexibility index (Phi) is 5.53. The summed E-state index contributed by atoms with van der Waals surface area (Å²) in [7, 11) is 3.12. The molecule has 11 heteroatoms. The van der Waals surface area contributed by atoms with E-state index in [0.29, 0.717) is 34.1 Å². The first-order valence-electron chi connectivity index (χ1n) is 8.74. The zero-order valence-corrected chi connectivity index (χ0v) is 16.9. The van der Waals surface area contributed by atoms with Crippen molar-refractivity contribution in [1.29, 1.82) is 0 Å². The number of hydrogen-bond acceptors (Lipinski definition) is 9. The van der Waals surface area contributed by atoms with E-state index in [1.807, 2.05) is 0 Å². The van der Waals surface area contributed by atoms with Crippen LogP contribution in [0.2, 0.25) is 0 Å². The molecule has 0 radical (unpaired) electrons. The monoisotopic (exact) mass is 428 g/mol. The maximum Gasteiger partial charge on any atom is 0.237 e. The van der Waals surface area contributed by atoms with Crippen LogP contribution in [0.25, 0.3) is 22.8 Å². The molecule has 0 bridgehead atoms. The number of benzene rings is 2. The molecular formula is C19H17FN6O3S. The van der Waals surface area contributed by atoms with Gasteiger partial charge < -0.3 is 19.8 Å². The lowest BCUT2D eigenvalue weighted by atomic mass is 10.2. The third-order valence-electron chi connectivity index (χ3n) is 4.21. The maximum atomic E-state index is 14.0. The first-order chi connectivity index (χ1) is 14.6. The molecule has 0 unspecified atom stereocenters.